The molecule has 0 spiro atoms. The second kappa shape index (κ2) is 5.75. The van der Waals surface area contributed by atoms with Crippen molar-refractivity contribution in [2.24, 2.45) is 0 Å². The first kappa shape index (κ1) is 14.5. The molecule has 0 saturated heterocycles. The zero-order valence-electron chi connectivity index (χ0n) is 12.5. The van der Waals surface area contributed by atoms with E-state index in [0.29, 0.717) is 11.7 Å². The number of nitrogens with zero attached hydrogens (tertiary/aromatic N) is 2. The number of pyridine rings is 1. The SMILES string of the molecule is CN(C)C(=O)c1cnc(Oc2ccc(C3CC3)cc2)c(F)c1. The Kier molecular flexibility index (Phi) is 3.79. The lowest BCUT2D eigenvalue weighted by atomic mass is 10.1. The van der Waals surface area contributed by atoms with Gasteiger partial charge in [0.25, 0.3) is 11.8 Å². The van der Waals surface area contributed by atoms with Gasteiger partial charge >= 0.3 is 0 Å². The Balaban J connectivity index is 1.75. The van der Waals surface area contributed by atoms with E-state index in [1.807, 2.05) is 24.3 Å². The highest BCUT2D eigenvalue weighted by Gasteiger charge is 2.23. The van der Waals surface area contributed by atoms with Gasteiger partial charge in [-0.05, 0) is 42.5 Å². The van der Waals surface area contributed by atoms with Crippen molar-refractivity contribution in [1.82, 2.24) is 9.88 Å². The van der Waals surface area contributed by atoms with Gasteiger partial charge in [0.05, 0.1) is 5.56 Å². The molecule has 22 heavy (non-hydrogen) atoms. The Labute approximate surface area is 128 Å². The molecule has 3 rings (SSSR count). The molecule has 0 unspecified atom stereocenters. The molecule has 1 amide bonds. The third-order valence-electron chi connectivity index (χ3n) is 3.60. The van der Waals surface area contributed by atoms with Crippen LogP contribution in [0.1, 0.15) is 34.7 Å². The van der Waals surface area contributed by atoms with Crippen LogP contribution in [0.4, 0.5) is 4.39 Å². The highest BCUT2D eigenvalue weighted by Crippen LogP contribution is 2.40. The highest BCUT2D eigenvalue weighted by molar-refractivity contribution is 5.93. The van der Waals surface area contributed by atoms with Crippen molar-refractivity contribution in [3.05, 3.63) is 53.5 Å². The zero-order valence-corrected chi connectivity index (χ0v) is 12.5. The summed E-state index contributed by atoms with van der Waals surface area (Å²) in [5.74, 6) is 0.114. The molecule has 1 aliphatic carbocycles. The van der Waals surface area contributed by atoms with Gasteiger partial charge in [0.1, 0.15) is 5.75 Å². The van der Waals surface area contributed by atoms with Crippen molar-refractivity contribution in [3.8, 4) is 11.6 Å². The van der Waals surface area contributed by atoms with E-state index in [4.69, 9.17) is 4.74 Å². The molecule has 0 bridgehead atoms. The predicted molar refractivity (Wildman–Crippen MR) is 80.7 cm³/mol. The van der Waals surface area contributed by atoms with Crippen LogP contribution < -0.4 is 4.74 Å². The van der Waals surface area contributed by atoms with Crippen molar-refractivity contribution in [2.45, 2.75) is 18.8 Å². The molecule has 4 nitrogen and oxygen atoms in total. The number of hydrogen-bond acceptors (Lipinski definition) is 3. The van der Waals surface area contributed by atoms with E-state index in [0.717, 1.165) is 6.07 Å². The van der Waals surface area contributed by atoms with Gasteiger partial charge in [-0.2, -0.15) is 0 Å². The maximum atomic E-state index is 14.0. The third-order valence-corrected chi connectivity index (χ3v) is 3.60. The fourth-order valence-corrected chi connectivity index (χ4v) is 2.21. The minimum absolute atomic E-state index is 0.130. The summed E-state index contributed by atoms with van der Waals surface area (Å²) >= 11 is 0. The van der Waals surface area contributed by atoms with E-state index < -0.39 is 5.82 Å². The molecule has 0 N–H and O–H groups in total. The Bertz CT molecular complexity index is 694. The Morgan fingerprint density at radius 3 is 2.50 bits per heavy atom. The van der Waals surface area contributed by atoms with Crippen LogP contribution in [0.2, 0.25) is 0 Å². The zero-order chi connectivity index (χ0) is 15.7. The Morgan fingerprint density at radius 1 is 1.27 bits per heavy atom. The lowest BCUT2D eigenvalue weighted by Gasteiger charge is -2.11. The second-order valence-corrected chi connectivity index (χ2v) is 5.66. The summed E-state index contributed by atoms with van der Waals surface area (Å²) in [5, 5.41) is 0. The predicted octanol–water partition coefficient (Wildman–Crippen LogP) is 3.59. The summed E-state index contributed by atoms with van der Waals surface area (Å²) in [4.78, 5) is 17.0. The molecule has 0 radical (unpaired) electrons. The molecule has 1 saturated carbocycles. The van der Waals surface area contributed by atoms with Gasteiger partial charge in [-0.3, -0.25) is 4.79 Å². The Morgan fingerprint density at radius 2 is 1.95 bits per heavy atom. The molecule has 1 aromatic heterocycles. The third kappa shape index (κ3) is 3.08. The van der Waals surface area contributed by atoms with Crippen molar-refractivity contribution < 1.29 is 13.9 Å². The van der Waals surface area contributed by atoms with Crippen molar-refractivity contribution >= 4 is 5.91 Å². The van der Waals surface area contributed by atoms with Gasteiger partial charge in [0, 0.05) is 20.3 Å². The maximum absolute atomic E-state index is 14.0. The maximum Gasteiger partial charge on any atom is 0.255 e. The van der Waals surface area contributed by atoms with E-state index in [1.165, 1.54) is 29.5 Å². The standard InChI is InChI=1S/C17H17FN2O2/c1-20(2)17(21)13-9-15(18)16(19-10-13)22-14-7-5-12(6-8-14)11-3-4-11/h5-11H,3-4H2,1-2H3. The normalized spacial score (nSPS) is 13.8. The molecule has 5 heteroatoms. The number of hydrogen-bond donors (Lipinski definition) is 0. The molecular weight excluding hydrogens is 283 g/mol. The number of ether oxygens (including phenoxy) is 1. The molecular formula is C17H17FN2O2. The molecule has 1 heterocycles. The van der Waals surface area contributed by atoms with E-state index in [-0.39, 0.29) is 17.4 Å². The summed E-state index contributed by atoms with van der Waals surface area (Å²) in [6.07, 6.45) is 3.79. The molecule has 1 fully saturated rings. The fraction of sp³-hybridized carbons (Fsp3) is 0.294. The van der Waals surface area contributed by atoms with Gasteiger partial charge in [-0.25, -0.2) is 9.37 Å². The lowest BCUT2D eigenvalue weighted by Crippen LogP contribution is -2.22. The van der Waals surface area contributed by atoms with Crippen molar-refractivity contribution in [3.63, 3.8) is 0 Å². The lowest BCUT2D eigenvalue weighted by molar-refractivity contribution is 0.0826. The minimum atomic E-state index is -0.654. The molecule has 1 aromatic carbocycles. The van der Waals surface area contributed by atoms with E-state index >= 15 is 0 Å². The average Bonchev–Trinajstić information content (AvgIpc) is 3.34. The number of halogens is 1. The van der Waals surface area contributed by atoms with Gasteiger partial charge in [0.2, 0.25) is 0 Å². The first-order valence-corrected chi connectivity index (χ1v) is 7.19. The smallest absolute Gasteiger partial charge is 0.255 e. The fourth-order valence-electron chi connectivity index (χ4n) is 2.21. The van der Waals surface area contributed by atoms with Crippen LogP contribution in [-0.2, 0) is 0 Å². The largest absolute Gasteiger partial charge is 0.436 e. The van der Waals surface area contributed by atoms with Crippen LogP contribution >= 0.6 is 0 Å². The first-order chi connectivity index (χ1) is 10.5. The van der Waals surface area contributed by atoms with Gasteiger partial charge in [-0.15, -0.1) is 0 Å². The molecule has 0 aliphatic heterocycles. The number of carbonyl (C=O) groups is 1. The topological polar surface area (TPSA) is 42.4 Å². The van der Waals surface area contributed by atoms with Gasteiger partial charge in [-0.1, -0.05) is 12.1 Å². The molecule has 114 valence electrons. The highest BCUT2D eigenvalue weighted by atomic mass is 19.1. The molecule has 1 aliphatic rings. The van der Waals surface area contributed by atoms with Crippen molar-refractivity contribution in [1.29, 1.82) is 0 Å². The Hall–Kier alpha value is -2.43. The van der Waals surface area contributed by atoms with E-state index in [1.54, 1.807) is 14.1 Å². The van der Waals surface area contributed by atoms with Crippen LogP contribution in [0.3, 0.4) is 0 Å². The quantitative estimate of drug-likeness (QED) is 0.866. The van der Waals surface area contributed by atoms with Crippen LogP contribution in [-0.4, -0.2) is 29.9 Å². The van der Waals surface area contributed by atoms with Crippen LogP contribution in [0.15, 0.2) is 36.5 Å². The molecule has 0 atom stereocenters. The summed E-state index contributed by atoms with van der Waals surface area (Å²) in [5.41, 5.74) is 1.48. The number of benzene rings is 1. The number of carbonyl (C=O) groups excluding carboxylic acids is 1. The summed E-state index contributed by atoms with van der Waals surface area (Å²) in [7, 11) is 3.21. The minimum Gasteiger partial charge on any atom is -0.436 e. The first-order valence-electron chi connectivity index (χ1n) is 7.19. The number of rotatable bonds is 4. The van der Waals surface area contributed by atoms with Crippen LogP contribution in [0.5, 0.6) is 11.6 Å². The average molecular weight is 300 g/mol. The summed E-state index contributed by atoms with van der Waals surface area (Å²) < 4.78 is 19.5. The van der Waals surface area contributed by atoms with E-state index in [2.05, 4.69) is 4.98 Å². The van der Waals surface area contributed by atoms with Crippen molar-refractivity contribution in [2.75, 3.05) is 14.1 Å². The van der Waals surface area contributed by atoms with Crippen LogP contribution in [0, 0.1) is 5.82 Å². The monoisotopic (exact) mass is 300 g/mol. The molecule has 2 aromatic rings. The number of amides is 1. The van der Waals surface area contributed by atoms with E-state index in [9.17, 15) is 9.18 Å². The van der Waals surface area contributed by atoms with Gasteiger partial charge in [0.15, 0.2) is 5.82 Å². The number of aromatic nitrogens is 1. The summed E-state index contributed by atoms with van der Waals surface area (Å²) in [6.45, 7) is 0. The second-order valence-electron chi connectivity index (χ2n) is 5.66. The van der Waals surface area contributed by atoms with Crippen LogP contribution in [0.25, 0.3) is 0 Å². The summed E-state index contributed by atoms with van der Waals surface area (Å²) in [6, 6.07) is 8.76. The van der Waals surface area contributed by atoms with Gasteiger partial charge < -0.3 is 9.64 Å².